The zero-order valence-corrected chi connectivity index (χ0v) is 18.5. The van der Waals surface area contributed by atoms with E-state index >= 15 is 0 Å². The van der Waals surface area contributed by atoms with E-state index in [9.17, 15) is 14.9 Å². The molecule has 9 heteroatoms. The highest BCUT2D eigenvalue weighted by molar-refractivity contribution is 6.30. The molecule has 2 aromatic carbocycles. The van der Waals surface area contributed by atoms with Crippen molar-refractivity contribution in [1.82, 2.24) is 5.32 Å². The fourth-order valence-electron chi connectivity index (χ4n) is 4.39. The van der Waals surface area contributed by atoms with E-state index in [4.69, 9.17) is 21.1 Å². The summed E-state index contributed by atoms with van der Waals surface area (Å²) in [7, 11) is 0. The van der Waals surface area contributed by atoms with Gasteiger partial charge in [-0.1, -0.05) is 23.7 Å². The van der Waals surface area contributed by atoms with Crippen LogP contribution in [0.4, 0.5) is 11.4 Å². The highest BCUT2D eigenvalue weighted by atomic mass is 35.5. The van der Waals surface area contributed by atoms with Crippen molar-refractivity contribution in [1.29, 1.82) is 0 Å². The van der Waals surface area contributed by atoms with E-state index in [2.05, 4.69) is 5.32 Å². The smallest absolute Gasteiger partial charge is 0.270 e. The third-order valence-electron chi connectivity index (χ3n) is 6.26. The minimum atomic E-state index is -0.480. The van der Waals surface area contributed by atoms with Gasteiger partial charge in [0.05, 0.1) is 29.4 Å². The maximum atomic E-state index is 13.3. The van der Waals surface area contributed by atoms with Gasteiger partial charge in [-0.25, -0.2) is 0 Å². The topological polar surface area (TPSA) is 93.9 Å². The van der Waals surface area contributed by atoms with E-state index in [0.717, 1.165) is 18.4 Å². The van der Waals surface area contributed by atoms with E-state index < -0.39 is 4.92 Å². The standard InChI is InChI=1S/C23H26ClN3O5/c24-18-3-1-2-17(14-18)23(6-10-31-11-7-23)16-25-22(28)20-15-19(27(29)30)4-5-21(20)26-8-12-32-13-9-26/h1-5,14-15H,6-13,16H2,(H,25,28). The van der Waals surface area contributed by atoms with Crippen molar-refractivity contribution in [2.45, 2.75) is 18.3 Å². The van der Waals surface area contributed by atoms with Crippen LogP contribution < -0.4 is 10.2 Å². The minimum absolute atomic E-state index is 0.109. The largest absolute Gasteiger partial charge is 0.381 e. The van der Waals surface area contributed by atoms with Crippen LogP contribution in [0.15, 0.2) is 42.5 Å². The molecule has 1 amide bonds. The van der Waals surface area contributed by atoms with E-state index in [0.29, 0.717) is 62.3 Å². The van der Waals surface area contributed by atoms with Gasteiger partial charge in [0, 0.05) is 55.4 Å². The molecule has 2 heterocycles. The van der Waals surface area contributed by atoms with E-state index in [1.54, 1.807) is 6.07 Å². The first-order valence-electron chi connectivity index (χ1n) is 10.7. The SMILES string of the molecule is O=C(NCC1(c2cccc(Cl)c2)CCOCC1)c1cc([N+](=O)[O-])ccc1N1CCOCC1. The quantitative estimate of drug-likeness (QED) is 0.524. The predicted octanol–water partition coefficient (Wildman–Crippen LogP) is 3.56. The molecule has 0 aliphatic carbocycles. The first-order valence-corrected chi connectivity index (χ1v) is 11.1. The van der Waals surface area contributed by atoms with Crippen LogP contribution in [-0.4, -0.2) is 56.9 Å². The maximum Gasteiger partial charge on any atom is 0.270 e. The number of hydrogen-bond donors (Lipinski definition) is 1. The van der Waals surface area contributed by atoms with E-state index in [1.807, 2.05) is 29.2 Å². The maximum absolute atomic E-state index is 13.3. The molecular formula is C23H26ClN3O5. The number of hydrogen-bond acceptors (Lipinski definition) is 6. The van der Waals surface area contributed by atoms with Crippen molar-refractivity contribution < 1.29 is 19.2 Å². The zero-order chi connectivity index (χ0) is 22.6. The van der Waals surface area contributed by atoms with Crippen molar-refractivity contribution in [2.75, 3.05) is 51.0 Å². The lowest BCUT2D eigenvalue weighted by Gasteiger charge is -2.38. The first-order chi connectivity index (χ1) is 15.5. The molecule has 2 saturated heterocycles. The Hall–Kier alpha value is -2.68. The second-order valence-corrected chi connectivity index (χ2v) is 8.58. The van der Waals surface area contributed by atoms with Gasteiger partial charge in [-0.05, 0) is 36.6 Å². The number of anilines is 1. The molecule has 0 unspecified atom stereocenters. The summed E-state index contributed by atoms with van der Waals surface area (Å²) in [6.45, 7) is 3.94. The number of nitrogens with one attached hydrogen (secondary N) is 1. The Morgan fingerprint density at radius 3 is 2.50 bits per heavy atom. The number of carbonyl (C=O) groups excluding carboxylic acids is 1. The highest BCUT2D eigenvalue weighted by Crippen LogP contribution is 2.36. The molecule has 32 heavy (non-hydrogen) atoms. The van der Waals surface area contributed by atoms with Gasteiger partial charge in [0.1, 0.15) is 0 Å². The number of rotatable bonds is 6. The molecule has 0 spiro atoms. The molecule has 1 N–H and O–H groups in total. The summed E-state index contributed by atoms with van der Waals surface area (Å²) >= 11 is 6.24. The normalized spacial score (nSPS) is 18.2. The number of carbonyl (C=O) groups is 1. The summed E-state index contributed by atoms with van der Waals surface area (Å²) in [6, 6.07) is 12.1. The lowest BCUT2D eigenvalue weighted by Crippen LogP contribution is -2.45. The molecule has 8 nitrogen and oxygen atoms in total. The summed E-state index contributed by atoms with van der Waals surface area (Å²) in [4.78, 5) is 26.2. The number of halogens is 1. The summed E-state index contributed by atoms with van der Waals surface area (Å²) in [5, 5.41) is 15.1. The van der Waals surface area contributed by atoms with Gasteiger partial charge < -0.3 is 19.7 Å². The van der Waals surface area contributed by atoms with Crippen LogP contribution in [0.2, 0.25) is 5.02 Å². The van der Waals surface area contributed by atoms with Crippen LogP contribution in [0.5, 0.6) is 0 Å². The monoisotopic (exact) mass is 459 g/mol. The van der Waals surface area contributed by atoms with Crippen LogP contribution >= 0.6 is 11.6 Å². The van der Waals surface area contributed by atoms with Gasteiger partial charge in [0.2, 0.25) is 0 Å². The lowest BCUT2D eigenvalue weighted by atomic mass is 9.74. The average Bonchev–Trinajstić information content (AvgIpc) is 2.83. The Kier molecular flexibility index (Phi) is 6.93. The van der Waals surface area contributed by atoms with Gasteiger partial charge >= 0.3 is 0 Å². The fraction of sp³-hybridized carbons (Fsp3) is 0.435. The number of benzene rings is 2. The lowest BCUT2D eigenvalue weighted by molar-refractivity contribution is -0.384. The minimum Gasteiger partial charge on any atom is -0.381 e. The van der Waals surface area contributed by atoms with E-state index in [-0.39, 0.29) is 17.0 Å². The van der Waals surface area contributed by atoms with Crippen LogP contribution in [0, 0.1) is 10.1 Å². The number of nitrogens with zero attached hydrogens (tertiary/aromatic N) is 2. The molecule has 0 radical (unpaired) electrons. The molecule has 170 valence electrons. The molecule has 0 aromatic heterocycles. The number of morpholine rings is 1. The van der Waals surface area contributed by atoms with Crippen LogP contribution in [0.1, 0.15) is 28.8 Å². The Balaban J connectivity index is 1.60. The van der Waals surface area contributed by atoms with Crippen molar-refractivity contribution >= 4 is 28.9 Å². The fourth-order valence-corrected chi connectivity index (χ4v) is 4.58. The van der Waals surface area contributed by atoms with Gasteiger partial charge in [-0.3, -0.25) is 14.9 Å². The van der Waals surface area contributed by atoms with Crippen LogP contribution in [0.3, 0.4) is 0 Å². The zero-order valence-electron chi connectivity index (χ0n) is 17.7. The summed E-state index contributed by atoms with van der Waals surface area (Å²) < 4.78 is 11.0. The molecular weight excluding hydrogens is 434 g/mol. The Morgan fingerprint density at radius 1 is 1.09 bits per heavy atom. The first kappa shape index (κ1) is 22.5. The van der Waals surface area contributed by atoms with E-state index in [1.165, 1.54) is 12.1 Å². The molecule has 4 rings (SSSR count). The summed E-state index contributed by atoms with van der Waals surface area (Å²) in [5.74, 6) is -0.330. The number of amides is 1. The third kappa shape index (κ3) is 4.87. The number of nitro benzene ring substituents is 1. The van der Waals surface area contributed by atoms with Gasteiger partial charge in [-0.15, -0.1) is 0 Å². The average molecular weight is 460 g/mol. The van der Waals surface area contributed by atoms with Crippen molar-refractivity contribution in [3.63, 3.8) is 0 Å². The molecule has 2 aromatic rings. The molecule has 2 aliphatic rings. The number of ether oxygens (including phenoxy) is 2. The van der Waals surface area contributed by atoms with Crippen LogP contribution in [0.25, 0.3) is 0 Å². The molecule has 2 aliphatic heterocycles. The van der Waals surface area contributed by atoms with Crippen molar-refractivity contribution in [3.8, 4) is 0 Å². The van der Waals surface area contributed by atoms with Gasteiger partial charge in [-0.2, -0.15) is 0 Å². The third-order valence-corrected chi connectivity index (χ3v) is 6.50. The molecule has 0 bridgehead atoms. The number of non-ortho nitro benzene ring substituents is 1. The van der Waals surface area contributed by atoms with Gasteiger partial charge in [0.15, 0.2) is 0 Å². The molecule has 0 atom stereocenters. The van der Waals surface area contributed by atoms with Crippen molar-refractivity contribution in [2.24, 2.45) is 0 Å². The molecule has 0 saturated carbocycles. The van der Waals surface area contributed by atoms with Crippen molar-refractivity contribution in [3.05, 3.63) is 68.7 Å². The summed E-state index contributed by atoms with van der Waals surface area (Å²) in [5.41, 5.74) is 1.62. The Bertz CT molecular complexity index is 987. The predicted molar refractivity (Wildman–Crippen MR) is 122 cm³/mol. The van der Waals surface area contributed by atoms with Crippen LogP contribution in [-0.2, 0) is 14.9 Å². The van der Waals surface area contributed by atoms with Gasteiger partial charge in [0.25, 0.3) is 11.6 Å². The Labute approximate surface area is 191 Å². The highest BCUT2D eigenvalue weighted by Gasteiger charge is 2.35. The second kappa shape index (κ2) is 9.85. The number of nitro groups is 1. The Morgan fingerprint density at radius 2 is 1.81 bits per heavy atom. The summed E-state index contributed by atoms with van der Waals surface area (Å²) in [6.07, 6.45) is 1.50. The second-order valence-electron chi connectivity index (χ2n) is 8.14. The molecule has 2 fully saturated rings.